The van der Waals surface area contributed by atoms with Crippen LogP contribution in [0.1, 0.15) is 37.7 Å². The molecule has 2 rings (SSSR count). The molecule has 110 valence electrons. The van der Waals surface area contributed by atoms with Gasteiger partial charge in [-0.3, -0.25) is 4.79 Å². The first-order valence-electron chi connectivity index (χ1n) is 7.33. The predicted octanol–water partition coefficient (Wildman–Crippen LogP) is 3.34. The second-order valence-electron chi connectivity index (χ2n) is 5.61. The van der Waals surface area contributed by atoms with E-state index in [1.165, 1.54) is 25.3 Å². The van der Waals surface area contributed by atoms with E-state index in [1.807, 2.05) is 11.9 Å². The molecule has 1 aromatic rings. The molecule has 1 aliphatic carbocycles. The topological polar surface area (TPSA) is 32.3 Å². The molecule has 0 aliphatic heterocycles. The molecule has 1 saturated carbocycles. The smallest absolute Gasteiger partial charge is 0.241 e. The van der Waals surface area contributed by atoms with Gasteiger partial charge in [0.1, 0.15) is 5.82 Å². The monoisotopic (exact) mass is 278 g/mol. The van der Waals surface area contributed by atoms with Crippen molar-refractivity contribution in [3.05, 3.63) is 29.6 Å². The Kier molecular flexibility index (Phi) is 4.99. The summed E-state index contributed by atoms with van der Waals surface area (Å²) in [6, 6.07) is 5.32. The van der Waals surface area contributed by atoms with Gasteiger partial charge in [0.05, 0.1) is 6.54 Å². The third-order valence-electron chi connectivity index (χ3n) is 4.13. The molecule has 0 aromatic heterocycles. The number of halogens is 1. The fraction of sp³-hybridized carbons (Fsp3) is 0.562. The van der Waals surface area contributed by atoms with Gasteiger partial charge < -0.3 is 10.2 Å². The van der Waals surface area contributed by atoms with Crippen molar-refractivity contribution >= 4 is 11.6 Å². The first-order chi connectivity index (χ1) is 9.58. The number of benzene rings is 1. The second kappa shape index (κ2) is 6.73. The molecule has 1 aromatic carbocycles. The van der Waals surface area contributed by atoms with Gasteiger partial charge in [-0.2, -0.15) is 0 Å². The van der Waals surface area contributed by atoms with Gasteiger partial charge in [-0.25, -0.2) is 4.39 Å². The highest BCUT2D eigenvalue weighted by atomic mass is 19.1. The molecule has 0 heterocycles. The van der Waals surface area contributed by atoms with Crippen LogP contribution in [0.3, 0.4) is 0 Å². The fourth-order valence-electron chi connectivity index (χ4n) is 2.68. The Labute approximate surface area is 120 Å². The molecular weight excluding hydrogens is 255 g/mol. The summed E-state index contributed by atoms with van der Waals surface area (Å²) in [6.45, 7) is 1.94. The van der Waals surface area contributed by atoms with Crippen LogP contribution in [0, 0.1) is 12.7 Å². The Hall–Kier alpha value is -1.58. The van der Waals surface area contributed by atoms with E-state index in [1.54, 1.807) is 19.1 Å². The first kappa shape index (κ1) is 14.8. The lowest BCUT2D eigenvalue weighted by Gasteiger charge is -2.31. The normalized spacial score (nSPS) is 15.9. The molecule has 0 spiro atoms. The van der Waals surface area contributed by atoms with Crippen LogP contribution in [0.5, 0.6) is 0 Å². The van der Waals surface area contributed by atoms with Crippen LogP contribution in [-0.2, 0) is 4.79 Å². The Morgan fingerprint density at radius 1 is 1.35 bits per heavy atom. The van der Waals surface area contributed by atoms with Gasteiger partial charge in [0.2, 0.25) is 5.91 Å². The van der Waals surface area contributed by atoms with E-state index < -0.39 is 0 Å². The largest absolute Gasteiger partial charge is 0.376 e. The van der Waals surface area contributed by atoms with Crippen LogP contribution >= 0.6 is 0 Å². The number of nitrogens with zero attached hydrogens (tertiary/aromatic N) is 1. The molecule has 0 atom stereocenters. The summed E-state index contributed by atoms with van der Waals surface area (Å²) in [7, 11) is 1.87. The highest BCUT2D eigenvalue weighted by Crippen LogP contribution is 2.21. The molecule has 0 radical (unpaired) electrons. The number of likely N-dealkylation sites (N-methyl/N-ethyl adjacent to an activating group) is 1. The zero-order valence-electron chi connectivity index (χ0n) is 12.3. The number of carbonyl (C=O) groups is 1. The van der Waals surface area contributed by atoms with E-state index in [2.05, 4.69) is 5.32 Å². The highest BCUT2D eigenvalue weighted by Gasteiger charge is 2.21. The lowest BCUT2D eigenvalue weighted by molar-refractivity contribution is -0.130. The molecule has 1 fully saturated rings. The van der Waals surface area contributed by atoms with Gasteiger partial charge in [-0.15, -0.1) is 0 Å². The number of anilines is 1. The number of carbonyl (C=O) groups excluding carboxylic acids is 1. The maximum atomic E-state index is 13.4. The molecule has 20 heavy (non-hydrogen) atoms. The van der Waals surface area contributed by atoms with Crippen molar-refractivity contribution in [1.29, 1.82) is 0 Å². The SMILES string of the molecule is Cc1ccc(NCC(=O)N(C)C2CCCCC2)cc1F. The van der Waals surface area contributed by atoms with Crippen LogP contribution in [0.25, 0.3) is 0 Å². The molecular formula is C16H23FN2O. The van der Waals surface area contributed by atoms with Gasteiger partial charge in [-0.05, 0) is 37.5 Å². The van der Waals surface area contributed by atoms with Crippen molar-refractivity contribution in [2.75, 3.05) is 18.9 Å². The number of aryl methyl sites for hydroxylation is 1. The zero-order chi connectivity index (χ0) is 14.5. The summed E-state index contributed by atoms with van der Waals surface area (Å²) < 4.78 is 13.4. The van der Waals surface area contributed by atoms with E-state index in [9.17, 15) is 9.18 Å². The van der Waals surface area contributed by atoms with Crippen LogP contribution < -0.4 is 5.32 Å². The third-order valence-corrected chi connectivity index (χ3v) is 4.13. The lowest BCUT2D eigenvalue weighted by Crippen LogP contribution is -2.41. The average molecular weight is 278 g/mol. The van der Waals surface area contributed by atoms with Gasteiger partial charge in [0.25, 0.3) is 0 Å². The second-order valence-corrected chi connectivity index (χ2v) is 5.61. The van der Waals surface area contributed by atoms with E-state index >= 15 is 0 Å². The number of amides is 1. The van der Waals surface area contributed by atoms with Gasteiger partial charge >= 0.3 is 0 Å². The quantitative estimate of drug-likeness (QED) is 0.916. The van der Waals surface area contributed by atoms with Crippen molar-refractivity contribution in [3.63, 3.8) is 0 Å². The van der Waals surface area contributed by atoms with Crippen LogP contribution in [-0.4, -0.2) is 30.4 Å². The number of rotatable bonds is 4. The lowest BCUT2D eigenvalue weighted by atomic mass is 9.94. The van der Waals surface area contributed by atoms with Gasteiger partial charge in [0.15, 0.2) is 0 Å². The third kappa shape index (κ3) is 3.71. The number of nitrogens with one attached hydrogen (secondary N) is 1. The first-order valence-corrected chi connectivity index (χ1v) is 7.33. The summed E-state index contributed by atoms with van der Waals surface area (Å²) >= 11 is 0. The highest BCUT2D eigenvalue weighted by molar-refractivity contribution is 5.80. The Balaban J connectivity index is 1.86. The van der Waals surface area contributed by atoms with Crippen molar-refractivity contribution in [1.82, 2.24) is 4.90 Å². The maximum absolute atomic E-state index is 13.4. The Bertz CT molecular complexity index is 470. The van der Waals surface area contributed by atoms with Gasteiger partial charge in [0, 0.05) is 18.8 Å². The summed E-state index contributed by atoms with van der Waals surface area (Å²) in [4.78, 5) is 14.0. The standard InChI is InChI=1S/C16H23FN2O/c1-12-8-9-13(10-15(12)17)18-11-16(20)19(2)14-6-4-3-5-7-14/h8-10,14,18H,3-7,11H2,1-2H3. The van der Waals surface area contributed by atoms with E-state index in [-0.39, 0.29) is 18.3 Å². The summed E-state index contributed by atoms with van der Waals surface area (Å²) in [5.74, 6) is -0.180. The summed E-state index contributed by atoms with van der Waals surface area (Å²) in [5.41, 5.74) is 1.26. The number of hydrogen-bond donors (Lipinski definition) is 1. The minimum atomic E-state index is -0.247. The van der Waals surface area contributed by atoms with E-state index in [4.69, 9.17) is 0 Å². The molecule has 1 aliphatic rings. The molecule has 0 unspecified atom stereocenters. The summed E-state index contributed by atoms with van der Waals surface area (Å²) in [6.07, 6.45) is 5.89. The van der Waals surface area contributed by atoms with Gasteiger partial charge in [-0.1, -0.05) is 25.3 Å². The Morgan fingerprint density at radius 2 is 2.05 bits per heavy atom. The average Bonchev–Trinajstić information content (AvgIpc) is 2.48. The number of hydrogen-bond acceptors (Lipinski definition) is 2. The molecule has 3 nitrogen and oxygen atoms in total. The molecule has 4 heteroatoms. The van der Waals surface area contributed by atoms with E-state index in [0.717, 1.165) is 12.8 Å². The zero-order valence-corrected chi connectivity index (χ0v) is 12.3. The molecule has 0 saturated heterocycles. The summed E-state index contributed by atoms with van der Waals surface area (Å²) in [5, 5.41) is 3.00. The maximum Gasteiger partial charge on any atom is 0.241 e. The van der Waals surface area contributed by atoms with Crippen LogP contribution in [0.2, 0.25) is 0 Å². The Morgan fingerprint density at radius 3 is 2.70 bits per heavy atom. The molecule has 0 bridgehead atoms. The van der Waals surface area contributed by atoms with Crippen molar-refractivity contribution in [2.45, 2.75) is 45.1 Å². The van der Waals surface area contributed by atoms with Crippen molar-refractivity contribution < 1.29 is 9.18 Å². The predicted molar refractivity (Wildman–Crippen MR) is 79.3 cm³/mol. The minimum absolute atomic E-state index is 0.0675. The van der Waals surface area contributed by atoms with Crippen LogP contribution in [0.4, 0.5) is 10.1 Å². The molecule has 1 amide bonds. The molecule has 1 N–H and O–H groups in total. The van der Waals surface area contributed by atoms with Crippen molar-refractivity contribution in [2.24, 2.45) is 0 Å². The fourth-order valence-corrected chi connectivity index (χ4v) is 2.68. The van der Waals surface area contributed by atoms with Crippen molar-refractivity contribution in [3.8, 4) is 0 Å². The van der Waals surface area contributed by atoms with Crippen LogP contribution in [0.15, 0.2) is 18.2 Å². The van der Waals surface area contributed by atoms with E-state index in [0.29, 0.717) is 17.3 Å². The minimum Gasteiger partial charge on any atom is -0.376 e.